The first-order valence-corrected chi connectivity index (χ1v) is 13.4. The van der Waals surface area contributed by atoms with Crippen LogP contribution in [0.1, 0.15) is 27.2 Å². The van der Waals surface area contributed by atoms with E-state index in [1.807, 2.05) is 19.0 Å². The van der Waals surface area contributed by atoms with Crippen molar-refractivity contribution in [2.75, 3.05) is 40.3 Å². The molecule has 10 nitrogen and oxygen atoms in total. The molecule has 1 heterocycles. The zero-order valence-corrected chi connectivity index (χ0v) is 22.3. The summed E-state index contributed by atoms with van der Waals surface area (Å²) in [7, 11) is -0.347. The van der Waals surface area contributed by atoms with Crippen molar-refractivity contribution in [3.05, 3.63) is 24.3 Å². The number of hydroxylamine groups is 1. The Balaban J connectivity index is 2.30. The molecule has 2 amide bonds. The highest BCUT2D eigenvalue weighted by Crippen LogP contribution is 2.43. The summed E-state index contributed by atoms with van der Waals surface area (Å²) in [5, 5.41) is 11.8. The lowest BCUT2D eigenvalue weighted by Crippen LogP contribution is -2.63. The molecule has 0 aliphatic carbocycles. The largest absolute Gasteiger partial charge is 0.481 e. The fourth-order valence-corrected chi connectivity index (χ4v) is 7.38. The lowest BCUT2D eigenvalue weighted by molar-refractivity contribution is -0.134. The third kappa shape index (κ3) is 7.85. The van der Waals surface area contributed by atoms with Crippen molar-refractivity contribution < 1.29 is 28.0 Å². The number of sulfonamides is 1. The monoisotopic (exact) mass is 526 g/mol. The van der Waals surface area contributed by atoms with Crippen LogP contribution in [0.5, 0.6) is 5.75 Å². The van der Waals surface area contributed by atoms with Gasteiger partial charge in [0.1, 0.15) is 18.4 Å². The molecular weight excluding hydrogens is 492 g/mol. The predicted octanol–water partition coefficient (Wildman–Crippen LogP) is 0.915. The number of thioether (sulfide) groups is 1. The minimum absolute atomic E-state index is 0.0287. The highest BCUT2D eigenvalue weighted by atomic mass is 32.2. The van der Waals surface area contributed by atoms with Crippen LogP contribution in [0.3, 0.4) is 0 Å². The van der Waals surface area contributed by atoms with E-state index in [1.165, 1.54) is 36.0 Å². The maximum atomic E-state index is 13.6. The fraction of sp³-hybridized carbons (Fsp3) is 0.565. The fourth-order valence-electron chi connectivity index (χ4n) is 3.77. The molecule has 1 unspecified atom stereocenters. The first-order valence-electron chi connectivity index (χ1n) is 11.1. The van der Waals surface area contributed by atoms with Crippen LogP contribution in [0.15, 0.2) is 29.2 Å². The van der Waals surface area contributed by atoms with Gasteiger partial charge < -0.3 is 15.0 Å². The molecule has 3 N–H and O–H groups in total. The number of rotatable bonds is 10. The Morgan fingerprint density at radius 3 is 2.51 bits per heavy atom. The van der Waals surface area contributed by atoms with Crippen LogP contribution in [0.25, 0.3) is 0 Å². The third-order valence-electron chi connectivity index (χ3n) is 5.37. The van der Waals surface area contributed by atoms with E-state index in [4.69, 9.17) is 4.74 Å². The molecule has 0 spiro atoms. The molecule has 0 saturated carbocycles. The molecule has 1 aromatic rings. The van der Waals surface area contributed by atoms with E-state index in [2.05, 4.69) is 17.2 Å². The van der Waals surface area contributed by atoms with Gasteiger partial charge in [-0.3, -0.25) is 14.8 Å². The van der Waals surface area contributed by atoms with E-state index in [0.717, 1.165) is 4.31 Å². The molecule has 0 radical (unpaired) electrons. The summed E-state index contributed by atoms with van der Waals surface area (Å²) in [6.45, 7) is 6.40. The number of carbonyl (C=O) groups excluding carboxylic acids is 2. The van der Waals surface area contributed by atoms with Gasteiger partial charge in [-0.25, -0.2) is 13.9 Å². The maximum Gasteiger partial charge on any atom is 0.263 e. The van der Waals surface area contributed by atoms with Gasteiger partial charge in [0, 0.05) is 36.1 Å². The van der Waals surface area contributed by atoms with Crippen molar-refractivity contribution >= 4 is 33.6 Å². The van der Waals surface area contributed by atoms with Gasteiger partial charge in [-0.2, -0.15) is 4.31 Å². The maximum absolute atomic E-state index is 13.6. The Bertz CT molecular complexity index is 1050. The topological polar surface area (TPSA) is 128 Å². The van der Waals surface area contributed by atoms with Crippen molar-refractivity contribution in [3.8, 4) is 17.6 Å². The molecule has 35 heavy (non-hydrogen) atoms. The number of hydrogen-bond acceptors (Lipinski definition) is 8. The molecule has 1 saturated heterocycles. The summed E-state index contributed by atoms with van der Waals surface area (Å²) in [4.78, 5) is 27.0. The van der Waals surface area contributed by atoms with Crippen molar-refractivity contribution in [1.82, 2.24) is 20.0 Å². The molecule has 1 aliphatic rings. The summed E-state index contributed by atoms with van der Waals surface area (Å²) in [5.41, 5.74) is 1.60. The van der Waals surface area contributed by atoms with Crippen molar-refractivity contribution in [2.24, 2.45) is 0 Å². The number of ether oxygens (including phenoxy) is 1. The van der Waals surface area contributed by atoms with Gasteiger partial charge in [-0.05, 0) is 59.1 Å². The van der Waals surface area contributed by atoms with Gasteiger partial charge in [0.15, 0.2) is 0 Å². The van der Waals surface area contributed by atoms with Crippen molar-refractivity contribution in [2.45, 2.75) is 48.1 Å². The number of nitrogens with zero attached hydrogens (tertiary/aromatic N) is 2. The molecule has 1 aromatic carbocycles. The van der Waals surface area contributed by atoms with Gasteiger partial charge in [0.25, 0.3) is 5.91 Å². The number of nitrogens with one attached hydrogen (secondary N) is 2. The van der Waals surface area contributed by atoms with Crippen molar-refractivity contribution in [1.29, 1.82) is 0 Å². The van der Waals surface area contributed by atoms with Crippen LogP contribution < -0.4 is 15.5 Å². The summed E-state index contributed by atoms with van der Waals surface area (Å²) in [6, 6.07) is 4.65. The zero-order chi connectivity index (χ0) is 26.2. The lowest BCUT2D eigenvalue weighted by Gasteiger charge is -2.46. The first-order chi connectivity index (χ1) is 16.4. The SMILES string of the molecule is CC#CCOc1ccc(S(=O)(=O)N2C[C@H](CC(=O)NCCN(C)C)SC(C)(C)C2C(=O)NO)cc1. The van der Waals surface area contributed by atoms with Crippen LogP contribution in [-0.4, -0.2) is 91.0 Å². The smallest absolute Gasteiger partial charge is 0.263 e. The zero-order valence-electron chi connectivity index (χ0n) is 20.7. The van der Waals surface area contributed by atoms with Crippen LogP contribution >= 0.6 is 11.8 Å². The van der Waals surface area contributed by atoms with E-state index in [0.29, 0.717) is 18.8 Å². The molecule has 0 aromatic heterocycles. The minimum atomic E-state index is -4.15. The normalized spacial score (nSPS) is 20.0. The molecule has 2 atom stereocenters. The van der Waals surface area contributed by atoms with Gasteiger partial charge in [-0.1, -0.05) is 5.92 Å². The van der Waals surface area contributed by atoms with E-state index >= 15 is 0 Å². The lowest BCUT2D eigenvalue weighted by atomic mass is 10.0. The average molecular weight is 527 g/mol. The highest BCUT2D eigenvalue weighted by Gasteiger charge is 2.51. The van der Waals surface area contributed by atoms with E-state index in [1.54, 1.807) is 26.3 Å². The number of hydrogen-bond donors (Lipinski definition) is 3. The second-order valence-electron chi connectivity index (χ2n) is 8.84. The van der Waals surface area contributed by atoms with Crippen LogP contribution in [-0.2, 0) is 19.6 Å². The summed E-state index contributed by atoms with van der Waals surface area (Å²) in [6.07, 6.45) is 0.0895. The van der Waals surface area contributed by atoms with Gasteiger partial charge in [0.05, 0.1) is 4.90 Å². The Hall–Kier alpha value is -2.30. The molecule has 194 valence electrons. The average Bonchev–Trinajstić information content (AvgIpc) is 2.78. The molecular formula is C23H34N4O6S2. The van der Waals surface area contributed by atoms with Crippen LogP contribution in [0.2, 0.25) is 0 Å². The number of carbonyl (C=O) groups is 2. The van der Waals surface area contributed by atoms with Gasteiger partial charge in [-0.15, -0.1) is 17.7 Å². The highest BCUT2D eigenvalue weighted by molar-refractivity contribution is 8.01. The molecule has 2 rings (SSSR count). The Morgan fingerprint density at radius 2 is 1.94 bits per heavy atom. The summed E-state index contributed by atoms with van der Waals surface area (Å²) in [5.74, 6) is 4.90. The number of likely N-dealkylation sites (N-methyl/N-ethyl adjacent to an activating group) is 1. The summed E-state index contributed by atoms with van der Waals surface area (Å²) < 4.78 is 32.9. The molecule has 12 heteroatoms. The predicted molar refractivity (Wildman–Crippen MR) is 135 cm³/mol. The quantitative estimate of drug-likeness (QED) is 0.233. The van der Waals surface area contributed by atoms with Crippen LogP contribution in [0, 0.1) is 11.8 Å². The molecule has 1 aliphatic heterocycles. The second-order valence-corrected chi connectivity index (χ2v) is 12.7. The Morgan fingerprint density at radius 1 is 1.29 bits per heavy atom. The van der Waals surface area contributed by atoms with Crippen molar-refractivity contribution in [3.63, 3.8) is 0 Å². The van der Waals surface area contributed by atoms with E-state index in [9.17, 15) is 23.2 Å². The molecule has 1 fully saturated rings. The second kappa shape index (κ2) is 12.6. The standard InChI is InChI=1S/C23H34N4O6S2/c1-6-7-14-33-17-8-10-19(11-9-17)35(31,32)27-16-18(15-20(28)24-12-13-26(4)5)34-23(2,3)21(27)22(29)25-30/h8-11,18,21,30H,12-16H2,1-5H3,(H,24,28)(H,25,29)/t18-,21?/m0/s1. The molecule has 0 bridgehead atoms. The Labute approximate surface area is 211 Å². The number of benzene rings is 1. The first kappa shape index (κ1) is 28.9. The Kier molecular flexibility index (Phi) is 10.4. The van der Waals surface area contributed by atoms with E-state index in [-0.39, 0.29) is 30.4 Å². The number of amides is 2. The van der Waals surface area contributed by atoms with Gasteiger partial charge in [0.2, 0.25) is 15.9 Å². The minimum Gasteiger partial charge on any atom is -0.481 e. The summed E-state index contributed by atoms with van der Waals surface area (Å²) >= 11 is 1.36. The van der Waals surface area contributed by atoms with E-state index < -0.39 is 32.0 Å². The van der Waals surface area contributed by atoms with Gasteiger partial charge >= 0.3 is 0 Å². The third-order valence-corrected chi connectivity index (χ3v) is 8.70. The van der Waals surface area contributed by atoms with Crippen LogP contribution in [0.4, 0.5) is 0 Å².